The molecule has 2 heteroatoms. The second-order valence-corrected chi connectivity index (χ2v) is 5.67. The summed E-state index contributed by atoms with van der Waals surface area (Å²) in [5, 5.41) is 0. The number of fused-ring (bicyclic) bond motifs is 2. The molecule has 1 saturated carbocycles. The molecule has 0 aromatic carbocycles. The number of carbonyl (C=O) groups is 1. The zero-order valence-electron chi connectivity index (χ0n) is 9.79. The zero-order valence-corrected chi connectivity index (χ0v) is 9.79. The molecule has 1 heterocycles. The van der Waals surface area contributed by atoms with Crippen molar-refractivity contribution in [3.8, 4) is 0 Å². The van der Waals surface area contributed by atoms with E-state index in [1.54, 1.807) is 0 Å². The summed E-state index contributed by atoms with van der Waals surface area (Å²) in [4.78, 5) is 11.5. The molecule has 0 bridgehead atoms. The predicted molar refractivity (Wildman–Crippen MR) is 61.8 cm³/mol. The molecule has 3 atom stereocenters. The number of hydrogen-bond donors (Lipinski definition) is 0. The Morgan fingerprint density at radius 2 is 2.38 bits per heavy atom. The highest BCUT2D eigenvalue weighted by Gasteiger charge is 2.49. The quantitative estimate of drug-likeness (QED) is 0.355. The van der Waals surface area contributed by atoms with Crippen LogP contribution < -0.4 is 0 Å². The highest BCUT2D eigenvalue weighted by Crippen LogP contribution is 2.53. The third-order valence-electron chi connectivity index (χ3n) is 4.61. The van der Waals surface area contributed by atoms with E-state index in [1.807, 2.05) is 0 Å². The number of esters is 1. The maximum absolute atomic E-state index is 11.5. The fraction of sp³-hybridized carbons (Fsp3) is 0.643. The Bertz CT molecular complexity index is 394. The van der Waals surface area contributed by atoms with Gasteiger partial charge in [-0.05, 0) is 31.1 Å². The van der Waals surface area contributed by atoms with Crippen molar-refractivity contribution in [2.75, 3.05) is 0 Å². The van der Waals surface area contributed by atoms with E-state index in [0.717, 1.165) is 12.8 Å². The molecule has 1 unspecified atom stereocenters. The van der Waals surface area contributed by atoms with E-state index in [0.29, 0.717) is 11.0 Å². The third kappa shape index (κ3) is 1.28. The maximum Gasteiger partial charge on any atom is 0.334 e. The molecule has 2 aliphatic carbocycles. The second-order valence-electron chi connectivity index (χ2n) is 5.67. The van der Waals surface area contributed by atoms with Crippen molar-refractivity contribution in [2.45, 2.75) is 45.1 Å². The Labute approximate surface area is 96.4 Å². The molecule has 86 valence electrons. The molecule has 1 saturated heterocycles. The Balaban J connectivity index is 1.93. The minimum Gasteiger partial charge on any atom is -0.458 e. The summed E-state index contributed by atoms with van der Waals surface area (Å²) in [5.74, 6) is 0.102. The van der Waals surface area contributed by atoms with Crippen molar-refractivity contribution < 1.29 is 9.53 Å². The summed E-state index contributed by atoms with van der Waals surface area (Å²) in [6.45, 7) is 6.23. The molecule has 3 aliphatic rings. The molecule has 2 nitrogen and oxygen atoms in total. The molecule has 0 N–H and O–H groups in total. The van der Waals surface area contributed by atoms with Gasteiger partial charge in [0.2, 0.25) is 0 Å². The molecular formula is C14H18O2. The summed E-state index contributed by atoms with van der Waals surface area (Å²) >= 11 is 0. The number of carbonyl (C=O) groups excluding carboxylic acids is 1. The first-order chi connectivity index (χ1) is 7.60. The highest BCUT2D eigenvalue weighted by atomic mass is 16.6. The summed E-state index contributed by atoms with van der Waals surface area (Å²) in [5.41, 5.74) is 2.52. The van der Waals surface area contributed by atoms with E-state index in [-0.39, 0.29) is 18.0 Å². The van der Waals surface area contributed by atoms with Crippen molar-refractivity contribution in [3.63, 3.8) is 0 Å². The van der Waals surface area contributed by atoms with Gasteiger partial charge < -0.3 is 4.74 Å². The molecule has 16 heavy (non-hydrogen) atoms. The zero-order chi connectivity index (χ0) is 11.3. The minimum atomic E-state index is -0.169. The van der Waals surface area contributed by atoms with Crippen LogP contribution in [0.5, 0.6) is 0 Å². The molecule has 0 amide bonds. The monoisotopic (exact) mass is 218 g/mol. The van der Waals surface area contributed by atoms with Gasteiger partial charge in [-0.1, -0.05) is 25.2 Å². The van der Waals surface area contributed by atoms with Crippen LogP contribution in [-0.2, 0) is 9.53 Å². The lowest BCUT2D eigenvalue weighted by Crippen LogP contribution is -2.36. The van der Waals surface area contributed by atoms with Crippen molar-refractivity contribution in [1.82, 2.24) is 0 Å². The fourth-order valence-electron chi connectivity index (χ4n) is 3.55. The first-order valence-electron chi connectivity index (χ1n) is 6.19. The largest absolute Gasteiger partial charge is 0.458 e. The normalized spacial score (nSPS) is 42.2. The summed E-state index contributed by atoms with van der Waals surface area (Å²) in [6.07, 6.45) is 8.16. The van der Waals surface area contributed by atoms with Crippen molar-refractivity contribution >= 4 is 5.97 Å². The topological polar surface area (TPSA) is 26.3 Å². The SMILES string of the molecule is C=C1C(=O)O[C@H]2CC3=CCCCC3(C)C[C@@H]12. The van der Waals surface area contributed by atoms with Crippen LogP contribution in [0.15, 0.2) is 23.8 Å². The predicted octanol–water partition coefficient (Wildman–Crippen LogP) is 2.99. The minimum absolute atomic E-state index is 0.0809. The van der Waals surface area contributed by atoms with Gasteiger partial charge in [0.25, 0.3) is 0 Å². The summed E-state index contributed by atoms with van der Waals surface area (Å²) in [6, 6.07) is 0. The van der Waals surface area contributed by atoms with Crippen LogP contribution in [0.4, 0.5) is 0 Å². The Kier molecular flexibility index (Phi) is 2.04. The first-order valence-corrected chi connectivity index (χ1v) is 6.19. The molecule has 0 aromatic heterocycles. The third-order valence-corrected chi connectivity index (χ3v) is 4.61. The van der Waals surface area contributed by atoms with E-state index >= 15 is 0 Å². The molecular weight excluding hydrogens is 200 g/mol. The van der Waals surface area contributed by atoms with Crippen LogP contribution in [0.25, 0.3) is 0 Å². The Morgan fingerprint density at radius 3 is 3.19 bits per heavy atom. The fourth-order valence-corrected chi connectivity index (χ4v) is 3.55. The van der Waals surface area contributed by atoms with Gasteiger partial charge >= 0.3 is 5.97 Å². The van der Waals surface area contributed by atoms with E-state index in [2.05, 4.69) is 19.6 Å². The van der Waals surface area contributed by atoms with Crippen LogP contribution in [0, 0.1) is 11.3 Å². The van der Waals surface area contributed by atoms with Gasteiger partial charge in [-0.2, -0.15) is 0 Å². The maximum atomic E-state index is 11.5. The molecule has 2 fully saturated rings. The van der Waals surface area contributed by atoms with Crippen LogP contribution in [-0.4, -0.2) is 12.1 Å². The highest BCUT2D eigenvalue weighted by molar-refractivity contribution is 5.91. The molecule has 3 rings (SSSR count). The Morgan fingerprint density at radius 1 is 1.56 bits per heavy atom. The number of rotatable bonds is 0. The van der Waals surface area contributed by atoms with Gasteiger partial charge in [-0.15, -0.1) is 0 Å². The van der Waals surface area contributed by atoms with E-state index in [4.69, 9.17) is 4.74 Å². The van der Waals surface area contributed by atoms with E-state index in [9.17, 15) is 4.79 Å². The Hall–Kier alpha value is -1.05. The summed E-state index contributed by atoms with van der Waals surface area (Å²) < 4.78 is 5.39. The lowest BCUT2D eigenvalue weighted by Gasteiger charge is -2.43. The molecule has 1 aliphatic heterocycles. The number of allylic oxidation sites excluding steroid dienone is 1. The van der Waals surface area contributed by atoms with Crippen molar-refractivity contribution in [2.24, 2.45) is 11.3 Å². The van der Waals surface area contributed by atoms with Crippen LogP contribution in [0.2, 0.25) is 0 Å². The van der Waals surface area contributed by atoms with E-state index in [1.165, 1.54) is 24.8 Å². The molecule has 0 spiro atoms. The van der Waals surface area contributed by atoms with Gasteiger partial charge in [0, 0.05) is 17.9 Å². The van der Waals surface area contributed by atoms with Gasteiger partial charge in [0.15, 0.2) is 0 Å². The first kappa shape index (κ1) is 10.1. The smallest absolute Gasteiger partial charge is 0.334 e. The molecule has 0 radical (unpaired) electrons. The van der Waals surface area contributed by atoms with Gasteiger partial charge in [-0.3, -0.25) is 0 Å². The second kappa shape index (κ2) is 3.22. The molecule has 0 aromatic rings. The van der Waals surface area contributed by atoms with Crippen LogP contribution in [0.1, 0.15) is 39.0 Å². The standard InChI is InChI=1S/C14H18O2/c1-9-11-8-14(2)6-4-3-5-10(14)7-12(11)16-13(9)15/h5,11-12H,1,3-4,6-8H2,2H3/t11-,12-,14?/m0/s1. The lowest BCUT2D eigenvalue weighted by molar-refractivity contribution is -0.139. The van der Waals surface area contributed by atoms with Crippen LogP contribution >= 0.6 is 0 Å². The number of hydrogen-bond acceptors (Lipinski definition) is 2. The van der Waals surface area contributed by atoms with Crippen molar-refractivity contribution in [3.05, 3.63) is 23.8 Å². The van der Waals surface area contributed by atoms with Gasteiger partial charge in [0.1, 0.15) is 6.10 Å². The lowest BCUT2D eigenvalue weighted by atomic mass is 9.61. The van der Waals surface area contributed by atoms with E-state index < -0.39 is 0 Å². The summed E-state index contributed by atoms with van der Waals surface area (Å²) in [7, 11) is 0. The average Bonchev–Trinajstić information content (AvgIpc) is 2.51. The van der Waals surface area contributed by atoms with Crippen LogP contribution in [0.3, 0.4) is 0 Å². The van der Waals surface area contributed by atoms with Gasteiger partial charge in [-0.25, -0.2) is 4.79 Å². The average molecular weight is 218 g/mol. The number of ether oxygens (including phenoxy) is 1. The van der Waals surface area contributed by atoms with Gasteiger partial charge in [0.05, 0.1) is 0 Å². The van der Waals surface area contributed by atoms with Crippen molar-refractivity contribution in [1.29, 1.82) is 0 Å².